The number of hydrogen-bond donors (Lipinski definition) is 1. The Morgan fingerprint density at radius 1 is 1.05 bits per heavy atom. The van der Waals surface area contributed by atoms with Gasteiger partial charge in [-0.15, -0.1) is 0 Å². The van der Waals surface area contributed by atoms with Crippen molar-refractivity contribution in [3.63, 3.8) is 0 Å². The van der Waals surface area contributed by atoms with Crippen molar-refractivity contribution in [3.05, 3.63) is 58.9 Å². The molecule has 3 nitrogen and oxygen atoms in total. The van der Waals surface area contributed by atoms with E-state index in [4.69, 9.17) is 15.2 Å². The zero-order chi connectivity index (χ0) is 15.4. The van der Waals surface area contributed by atoms with Crippen molar-refractivity contribution < 1.29 is 13.9 Å². The fraction of sp³-hybridized carbons (Fsp3) is 0.294. The molecule has 21 heavy (non-hydrogen) atoms. The average molecular weight is 289 g/mol. The van der Waals surface area contributed by atoms with Crippen LogP contribution in [0, 0.1) is 12.7 Å². The van der Waals surface area contributed by atoms with Gasteiger partial charge in [-0.3, -0.25) is 0 Å². The van der Waals surface area contributed by atoms with Gasteiger partial charge in [0.25, 0.3) is 0 Å². The Balaban J connectivity index is 2.25. The normalized spacial score (nSPS) is 12.0. The molecular weight excluding hydrogens is 269 g/mol. The summed E-state index contributed by atoms with van der Waals surface area (Å²) < 4.78 is 23.6. The molecule has 0 amide bonds. The van der Waals surface area contributed by atoms with Crippen LogP contribution in [-0.2, 0) is 6.42 Å². The van der Waals surface area contributed by atoms with Gasteiger partial charge in [0.1, 0.15) is 17.3 Å². The maximum Gasteiger partial charge on any atom is 0.123 e. The lowest BCUT2D eigenvalue weighted by Crippen LogP contribution is -2.14. The molecule has 2 aromatic carbocycles. The second-order valence-electron chi connectivity index (χ2n) is 5.03. The molecule has 1 unspecified atom stereocenters. The van der Waals surface area contributed by atoms with Crippen LogP contribution in [-0.4, -0.2) is 14.2 Å². The molecule has 1 atom stereocenters. The van der Waals surface area contributed by atoms with Crippen LogP contribution in [0.15, 0.2) is 36.4 Å². The quantitative estimate of drug-likeness (QED) is 0.917. The Morgan fingerprint density at radius 2 is 1.67 bits per heavy atom. The highest BCUT2D eigenvalue weighted by atomic mass is 19.1. The van der Waals surface area contributed by atoms with Crippen molar-refractivity contribution in [3.8, 4) is 11.5 Å². The summed E-state index contributed by atoms with van der Waals surface area (Å²) >= 11 is 0. The number of nitrogens with two attached hydrogens (primary N) is 1. The van der Waals surface area contributed by atoms with Crippen molar-refractivity contribution in [1.82, 2.24) is 0 Å². The molecule has 0 heterocycles. The van der Waals surface area contributed by atoms with E-state index in [1.807, 2.05) is 19.1 Å². The molecular formula is C17H20FNO2. The minimum Gasteiger partial charge on any atom is -0.497 e. The largest absolute Gasteiger partial charge is 0.497 e. The Bertz CT molecular complexity index is 606. The van der Waals surface area contributed by atoms with Gasteiger partial charge in [0.2, 0.25) is 0 Å². The van der Waals surface area contributed by atoms with Crippen LogP contribution in [0.5, 0.6) is 11.5 Å². The van der Waals surface area contributed by atoms with E-state index in [2.05, 4.69) is 0 Å². The number of hydrogen-bond acceptors (Lipinski definition) is 3. The second-order valence-corrected chi connectivity index (χ2v) is 5.03. The van der Waals surface area contributed by atoms with Gasteiger partial charge in [0, 0.05) is 12.1 Å². The standard InChI is InChI=1S/C17H20FNO2/c1-11-6-14(18)5-4-12(11)9-17(19)13-7-15(20-2)10-16(8-13)21-3/h4-8,10,17H,9,19H2,1-3H3. The highest BCUT2D eigenvalue weighted by Crippen LogP contribution is 2.27. The first-order valence-electron chi connectivity index (χ1n) is 6.77. The molecule has 0 saturated carbocycles. The van der Waals surface area contributed by atoms with E-state index in [1.165, 1.54) is 12.1 Å². The smallest absolute Gasteiger partial charge is 0.123 e. The predicted octanol–water partition coefficient (Wildman–Crippen LogP) is 3.39. The Labute approximate surface area is 124 Å². The van der Waals surface area contributed by atoms with Crippen LogP contribution in [0.1, 0.15) is 22.7 Å². The Hall–Kier alpha value is -2.07. The lowest BCUT2D eigenvalue weighted by atomic mass is 9.96. The summed E-state index contributed by atoms with van der Waals surface area (Å²) in [5, 5.41) is 0. The third-order valence-corrected chi connectivity index (χ3v) is 3.55. The van der Waals surface area contributed by atoms with Gasteiger partial charge in [0.15, 0.2) is 0 Å². The van der Waals surface area contributed by atoms with Gasteiger partial charge >= 0.3 is 0 Å². The summed E-state index contributed by atoms with van der Waals surface area (Å²) in [5.41, 5.74) is 9.14. The molecule has 4 heteroatoms. The summed E-state index contributed by atoms with van der Waals surface area (Å²) in [6.45, 7) is 1.89. The fourth-order valence-electron chi connectivity index (χ4n) is 2.29. The zero-order valence-electron chi connectivity index (χ0n) is 12.5. The van der Waals surface area contributed by atoms with Gasteiger partial charge in [-0.1, -0.05) is 6.07 Å². The summed E-state index contributed by atoms with van der Waals surface area (Å²) in [6.07, 6.45) is 0.627. The molecule has 2 aromatic rings. The molecule has 0 aliphatic carbocycles. The molecule has 0 fully saturated rings. The molecule has 0 radical (unpaired) electrons. The van der Waals surface area contributed by atoms with Gasteiger partial charge in [-0.05, 0) is 54.3 Å². The minimum absolute atomic E-state index is 0.210. The monoisotopic (exact) mass is 289 g/mol. The summed E-state index contributed by atoms with van der Waals surface area (Å²) in [6, 6.07) is 10.1. The Kier molecular flexibility index (Phi) is 4.81. The predicted molar refractivity (Wildman–Crippen MR) is 81.3 cm³/mol. The number of aryl methyl sites for hydroxylation is 1. The van der Waals surface area contributed by atoms with Crippen molar-refractivity contribution in [2.75, 3.05) is 14.2 Å². The van der Waals surface area contributed by atoms with Gasteiger partial charge in [0.05, 0.1) is 14.2 Å². The van der Waals surface area contributed by atoms with Crippen molar-refractivity contribution in [2.24, 2.45) is 5.73 Å². The van der Waals surface area contributed by atoms with E-state index in [9.17, 15) is 4.39 Å². The number of halogens is 1. The summed E-state index contributed by atoms with van der Waals surface area (Å²) in [7, 11) is 3.21. The first kappa shape index (κ1) is 15.3. The number of rotatable bonds is 5. The first-order chi connectivity index (χ1) is 10.0. The van der Waals surface area contributed by atoms with Crippen LogP contribution < -0.4 is 15.2 Å². The van der Waals surface area contributed by atoms with E-state index in [-0.39, 0.29) is 11.9 Å². The minimum atomic E-state index is -0.229. The lowest BCUT2D eigenvalue weighted by Gasteiger charge is -2.16. The highest BCUT2D eigenvalue weighted by Gasteiger charge is 2.12. The lowest BCUT2D eigenvalue weighted by molar-refractivity contribution is 0.392. The molecule has 0 aromatic heterocycles. The van der Waals surface area contributed by atoms with E-state index in [0.717, 1.165) is 16.7 Å². The highest BCUT2D eigenvalue weighted by molar-refractivity contribution is 5.40. The molecule has 0 bridgehead atoms. The maximum absolute atomic E-state index is 13.1. The van der Waals surface area contributed by atoms with E-state index < -0.39 is 0 Å². The van der Waals surface area contributed by atoms with Crippen LogP contribution in [0.25, 0.3) is 0 Å². The summed E-state index contributed by atoms with van der Waals surface area (Å²) in [5.74, 6) is 1.18. The molecule has 0 aliphatic heterocycles. The fourth-order valence-corrected chi connectivity index (χ4v) is 2.29. The number of ether oxygens (including phenoxy) is 2. The van der Waals surface area contributed by atoms with E-state index in [1.54, 1.807) is 26.4 Å². The van der Waals surface area contributed by atoms with Crippen LogP contribution in [0.2, 0.25) is 0 Å². The van der Waals surface area contributed by atoms with Gasteiger partial charge < -0.3 is 15.2 Å². The average Bonchev–Trinajstić information content (AvgIpc) is 2.49. The topological polar surface area (TPSA) is 44.5 Å². The van der Waals surface area contributed by atoms with Crippen molar-refractivity contribution >= 4 is 0 Å². The van der Waals surface area contributed by atoms with Crippen molar-refractivity contribution in [2.45, 2.75) is 19.4 Å². The van der Waals surface area contributed by atoms with Crippen LogP contribution in [0.4, 0.5) is 4.39 Å². The number of benzene rings is 2. The summed E-state index contributed by atoms with van der Waals surface area (Å²) in [4.78, 5) is 0. The van der Waals surface area contributed by atoms with Crippen LogP contribution >= 0.6 is 0 Å². The van der Waals surface area contributed by atoms with Crippen molar-refractivity contribution in [1.29, 1.82) is 0 Å². The molecule has 0 saturated heterocycles. The number of methoxy groups -OCH3 is 2. The second kappa shape index (κ2) is 6.59. The zero-order valence-corrected chi connectivity index (χ0v) is 12.5. The van der Waals surface area contributed by atoms with E-state index >= 15 is 0 Å². The Morgan fingerprint density at radius 3 is 2.19 bits per heavy atom. The van der Waals surface area contributed by atoms with E-state index in [0.29, 0.717) is 17.9 Å². The maximum atomic E-state index is 13.1. The molecule has 112 valence electrons. The van der Waals surface area contributed by atoms with Crippen LogP contribution in [0.3, 0.4) is 0 Å². The first-order valence-corrected chi connectivity index (χ1v) is 6.77. The third-order valence-electron chi connectivity index (χ3n) is 3.55. The van der Waals surface area contributed by atoms with Gasteiger partial charge in [-0.2, -0.15) is 0 Å². The molecule has 0 spiro atoms. The van der Waals surface area contributed by atoms with Gasteiger partial charge in [-0.25, -0.2) is 4.39 Å². The third kappa shape index (κ3) is 3.73. The molecule has 2 rings (SSSR count). The molecule has 2 N–H and O–H groups in total. The SMILES string of the molecule is COc1cc(OC)cc(C(N)Cc2ccc(F)cc2C)c1. The molecule has 0 aliphatic rings.